The number of benzene rings is 1. The van der Waals surface area contributed by atoms with E-state index in [4.69, 9.17) is 4.74 Å². The van der Waals surface area contributed by atoms with Crippen molar-refractivity contribution < 1.29 is 19.4 Å². The number of aromatic carboxylic acids is 1. The summed E-state index contributed by atoms with van der Waals surface area (Å²) in [5.74, 6) is -1.24. The molecular formula is C20H19N3O6S. The zero-order chi connectivity index (χ0) is 21.4. The number of hydrogen-bond acceptors (Lipinski definition) is 6. The van der Waals surface area contributed by atoms with Crippen molar-refractivity contribution in [3.8, 4) is 0 Å². The van der Waals surface area contributed by atoms with Gasteiger partial charge >= 0.3 is 11.7 Å². The molecule has 3 aromatic rings. The van der Waals surface area contributed by atoms with Crippen LogP contribution in [0.1, 0.15) is 31.2 Å². The van der Waals surface area contributed by atoms with E-state index >= 15 is 0 Å². The van der Waals surface area contributed by atoms with Gasteiger partial charge in [0.1, 0.15) is 9.71 Å². The Morgan fingerprint density at radius 2 is 1.80 bits per heavy atom. The maximum absolute atomic E-state index is 12.8. The van der Waals surface area contributed by atoms with Crippen LogP contribution in [0.5, 0.6) is 0 Å². The average molecular weight is 429 g/mol. The smallest absolute Gasteiger partial charge is 0.347 e. The van der Waals surface area contributed by atoms with Crippen LogP contribution in [0.25, 0.3) is 4.83 Å². The third-order valence-electron chi connectivity index (χ3n) is 5.05. The first-order chi connectivity index (χ1) is 14.4. The number of hydrogen-bond donors (Lipinski definition) is 1. The van der Waals surface area contributed by atoms with Crippen LogP contribution in [-0.2, 0) is 11.3 Å². The van der Waals surface area contributed by atoms with Gasteiger partial charge in [-0.1, -0.05) is 12.1 Å². The van der Waals surface area contributed by atoms with Gasteiger partial charge in [0.05, 0.1) is 19.8 Å². The van der Waals surface area contributed by atoms with Crippen molar-refractivity contribution in [2.45, 2.75) is 13.5 Å². The molecule has 1 aliphatic heterocycles. The number of carboxylic acid groups (broad SMARTS) is 1. The molecule has 0 bridgehead atoms. The third-order valence-corrected chi connectivity index (χ3v) is 6.24. The lowest BCUT2D eigenvalue weighted by Gasteiger charge is -2.26. The normalized spacial score (nSPS) is 14.2. The Labute approximate surface area is 174 Å². The van der Waals surface area contributed by atoms with Crippen LogP contribution in [0, 0.1) is 6.92 Å². The van der Waals surface area contributed by atoms with E-state index in [1.54, 1.807) is 36.1 Å². The Hall–Kier alpha value is -3.24. The number of fused-ring (bicyclic) bond motifs is 1. The lowest BCUT2D eigenvalue weighted by Crippen LogP contribution is -2.40. The molecule has 1 saturated heterocycles. The monoisotopic (exact) mass is 429 g/mol. The van der Waals surface area contributed by atoms with Crippen molar-refractivity contribution in [3.05, 3.63) is 72.9 Å². The number of aryl methyl sites for hydroxylation is 1. The number of thiazole rings is 1. The van der Waals surface area contributed by atoms with Crippen LogP contribution in [0.15, 0.2) is 40.1 Å². The zero-order valence-electron chi connectivity index (χ0n) is 16.2. The van der Waals surface area contributed by atoms with E-state index in [9.17, 15) is 24.3 Å². The van der Waals surface area contributed by atoms with E-state index in [0.29, 0.717) is 47.8 Å². The molecule has 156 valence electrons. The first-order valence-electron chi connectivity index (χ1n) is 9.31. The van der Waals surface area contributed by atoms with Crippen LogP contribution in [-0.4, -0.2) is 57.2 Å². The molecule has 0 atom stereocenters. The summed E-state index contributed by atoms with van der Waals surface area (Å²) in [6.07, 6.45) is 1.23. The molecule has 4 rings (SSSR count). The van der Waals surface area contributed by atoms with Gasteiger partial charge in [0, 0.05) is 30.4 Å². The van der Waals surface area contributed by atoms with Crippen LogP contribution in [0.4, 0.5) is 0 Å². The van der Waals surface area contributed by atoms with Crippen molar-refractivity contribution in [2.24, 2.45) is 0 Å². The molecule has 1 fully saturated rings. The Bertz CT molecular complexity index is 1250. The minimum atomic E-state index is -1.15. The quantitative estimate of drug-likeness (QED) is 0.664. The first kappa shape index (κ1) is 20.0. The molecule has 0 aliphatic carbocycles. The highest BCUT2D eigenvalue weighted by atomic mass is 32.1. The number of carbonyl (C=O) groups is 2. The fraction of sp³-hybridized carbons (Fsp3) is 0.300. The summed E-state index contributed by atoms with van der Waals surface area (Å²) >= 11 is 0.893. The highest BCUT2D eigenvalue weighted by Crippen LogP contribution is 2.18. The standard InChI is InChI=1S/C20H19N3O6S/c1-12-16(24)22(20(28)23-11-15(19(26)27)30-18(12)23)10-13-2-4-14(5-3-13)17(25)21-6-8-29-9-7-21/h2-5,11H,6-10H2,1H3,(H,26,27). The van der Waals surface area contributed by atoms with E-state index in [0.717, 1.165) is 15.9 Å². The second-order valence-electron chi connectivity index (χ2n) is 6.98. The summed E-state index contributed by atoms with van der Waals surface area (Å²) in [5.41, 5.74) is 0.456. The molecule has 0 saturated carbocycles. The van der Waals surface area contributed by atoms with E-state index in [1.807, 2.05) is 0 Å². The van der Waals surface area contributed by atoms with Crippen molar-refractivity contribution in [3.63, 3.8) is 0 Å². The fourth-order valence-corrected chi connectivity index (χ4v) is 4.31. The molecular weight excluding hydrogens is 410 g/mol. The molecule has 3 heterocycles. The molecule has 0 unspecified atom stereocenters. The molecule has 30 heavy (non-hydrogen) atoms. The summed E-state index contributed by atoms with van der Waals surface area (Å²) in [5, 5.41) is 9.18. The van der Waals surface area contributed by atoms with Crippen molar-refractivity contribution in [1.29, 1.82) is 0 Å². The van der Waals surface area contributed by atoms with Crippen molar-refractivity contribution in [2.75, 3.05) is 26.3 Å². The molecule has 1 amide bonds. The minimum absolute atomic E-state index is 0.0154. The predicted octanol–water partition coefficient (Wildman–Crippen LogP) is 1.05. The predicted molar refractivity (Wildman–Crippen MR) is 110 cm³/mol. The van der Waals surface area contributed by atoms with Crippen molar-refractivity contribution in [1.82, 2.24) is 13.9 Å². The Morgan fingerprint density at radius 1 is 1.13 bits per heavy atom. The summed E-state index contributed by atoms with van der Waals surface area (Å²) < 4.78 is 7.52. The lowest BCUT2D eigenvalue weighted by molar-refractivity contribution is 0.0303. The van der Waals surface area contributed by atoms with Gasteiger partial charge in [-0.15, -0.1) is 11.3 Å². The van der Waals surface area contributed by atoms with Crippen LogP contribution >= 0.6 is 11.3 Å². The number of rotatable bonds is 4. The number of aromatic nitrogens is 2. The van der Waals surface area contributed by atoms with Gasteiger partial charge in [0.15, 0.2) is 0 Å². The lowest BCUT2D eigenvalue weighted by atomic mass is 10.1. The number of carboxylic acids is 1. The molecule has 10 heteroatoms. The summed E-state index contributed by atoms with van der Waals surface area (Å²) in [6, 6.07) is 6.77. The number of carbonyl (C=O) groups excluding carboxylic acids is 1. The Balaban J connectivity index is 1.64. The maximum Gasteiger partial charge on any atom is 0.347 e. The van der Waals surface area contributed by atoms with E-state index in [-0.39, 0.29) is 17.3 Å². The molecule has 2 aromatic heterocycles. The largest absolute Gasteiger partial charge is 0.477 e. The summed E-state index contributed by atoms with van der Waals surface area (Å²) in [4.78, 5) is 51.3. The second-order valence-corrected chi connectivity index (χ2v) is 8.01. The highest BCUT2D eigenvalue weighted by molar-refractivity contribution is 7.19. The first-order valence-corrected chi connectivity index (χ1v) is 10.1. The van der Waals surface area contributed by atoms with E-state index in [2.05, 4.69) is 0 Å². The Morgan fingerprint density at radius 3 is 2.43 bits per heavy atom. The van der Waals surface area contributed by atoms with Crippen molar-refractivity contribution >= 4 is 28.0 Å². The topological polar surface area (TPSA) is 110 Å². The van der Waals surface area contributed by atoms with Crippen LogP contribution in [0.2, 0.25) is 0 Å². The maximum atomic E-state index is 12.8. The van der Waals surface area contributed by atoms with Gasteiger partial charge in [-0.3, -0.25) is 18.6 Å². The second kappa shape index (κ2) is 7.88. The van der Waals surface area contributed by atoms with Gasteiger partial charge in [-0.05, 0) is 24.6 Å². The zero-order valence-corrected chi connectivity index (χ0v) is 17.0. The number of ether oxygens (including phenoxy) is 1. The molecule has 0 spiro atoms. The Kier molecular flexibility index (Phi) is 5.27. The average Bonchev–Trinajstić information content (AvgIpc) is 3.22. The number of amides is 1. The van der Waals surface area contributed by atoms with Gasteiger partial charge in [0.2, 0.25) is 0 Å². The SMILES string of the molecule is Cc1c(=O)n(Cc2ccc(C(=O)N3CCOCC3)cc2)c(=O)n2cc(C(=O)O)sc12. The van der Waals surface area contributed by atoms with E-state index < -0.39 is 17.2 Å². The van der Waals surface area contributed by atoms with Gasteiger partial charge in [0.25, 0.3) is 11.5 Å². The van der Waals surface area contributed by atoms with Gasteiger partial charge < -0.3 is 14.7 Å². The number of nitrogens with zero attached hydrogens (tertiary/aromatic N) is 3. The third kappa shape index (κ3) is 3.55. The van der Waals surface area contributed by atoms with Crippen LogP contribution < -0.4 is 11.2 Å². The highest BCUT2D eigenvalue weighted by Gasteiger charge is 2.19. The van der Waals surface area contributed by atoms with Gasteiger partial charge in [-0.25, -0.2) is 9.59 Å². The molecule has 9 nitrogen and oxygen atoms in total. The van der Waals surface area contributed by atoms with Gasteiger partial charge in [-0.2, -0.15) is 0 Å². The number of morpholine rings is 1. The summed E-state index contributed by atoms with van der Waals surface area (Å²) in [7, 11) is 0. The molecule has 0 radical (unpaired) electrons. The van der Waals surface area contributed by atoms with E-state index in [1.165, 1.54) is 10.6 Å². The molecule has 1 N–H and O–H groups in total. The molecule has 1 aliphatic rings. The van der Waals surface area contributed by atoms with Crippen LogP contribution in [0.3, 0.4) is 0 Å². The summed E-state index contributed by atoms with van der Waals surface area (Å²) in [6.45, 7) is 3.72. The molecule has 1 aromatic carbocycles. The minimum Gasteiger partial charge on any atom is -0.477 e. The fourth-order valence-electron chi connectivity index (χ4n) is 3.39.